The van der Waals surface area contributed by atoms with Crippen molar-refractivity contribution < 1.29 is 76.6 Å². The van der Waals surface area contributed by atoms with E-state index in [4.69, 9.17) is 5.26 Å². The van der Waals surface area contributed by atoms with Crippen LogP contribution < -0.4 is 16.0 Å². The zero-order valence-electron chi connectivity index (χ0n) is 31.1. The van der Waals surface area contributed by atoms with Crippen LogP contribution in [0.1, 0.15) is 54.4 Å². The van der Waals surface area contributed by atoms with Crippen molar-refractivity contribution in [3.05, 3.63) is 120 Å². The number of carbonyl (C=O) groups excluding carboxylic acids is 3. The number of hydrogen-bond acceptors (Lipinski definition) is 11. The number of aliphatic hydroxyl groups is 1. The van der Waals surface area contributed by atoms with E-state index < -0.39 is 81.1 Å². The fourth-order valence-corrected chi connectivity index (χ4v) is 6.72. The van der Waals surface area contributed by atoms with Crippen molar-refractivity contribution in [3.8, 4) is 6.07 Å². The predicted molar refractivity (Wildman–Crippen MR) is 199 cm³/mol. The number of anilines is 1. The number of halogens is 4. The number of nitrogens with one attached hydrogen (secondary N) is 3. The molecule has 1 heterocycles. The number of benzene rings is 3. The van der Waals surface area contributed by atoms with Gasteiger partial charge in [-0.3, -0.25) is 19.4 Å². The molecular weight excluding hydrogens is 970 g/mol. The van der Waals surface area contributed by atoms with E-state index in [1.54, 1.807) is 0 Å². The predicted octanol–water partition coefficient (Wildman–Crippen LogP) is 3.24. The van der Waals surface area contributed by atoms with Gasteiger partial charge in [-0.05, 0) is 67.3 Å². The zero-order chi connectivity index (χ0) is 42.6. The van der Waals surface area contributed by atoms with Gasteiger partial charge in [-0.1, -0.05) is 44.2 Å². The Bertz CT molecular complexity index is 2150. The Morgan fingerprint density at radius 3 is 2.14 bits per heavy atom. The van der Waals surface area contributed by atoms with Crippen LogP contribution in [0.2, 0.25) is 0 Å². The molecule has 3 amide bonds. The number of alkyl halides is 3. The summed E-state index contributed by atoms with van der Waals surface area (Å²) < 4.78 is 76.6. The summed E-state index contributed by atoms with van der Waals surface area (Å²) in [7, 11) is -5.91. The number of carbonyl (C=O) groups is 3. The van der Waals surface area contributed by atoms with Gasteiger partial charge >= 0.3 is 13.3 Å². The number of nitrogens with zero attached hydrogens (tertiary/aromatic N) is 3. The smallest absolute Gasteiger partial charge is 0.426 e. The van der Waals surface area contributed by atoms with Crippen LogP contribution in [0.4, 0.5) is 23.2 Å². The number of sulfone groups is 1. The van der Waals surface area contributed by atoms with E-state index >= 15 is 0 Å². The largest absolute Gasteiger partial charge is 0.475 e. The average molecular weight is 1010 g/mol. The quantitative estimate of drug-likeness (QED) is 0.0610. The SMILES string of the molecule is CC(C)C[C@H](NC(=O)[C@H](Cc1ccccc1)NC(=O)c1cnccn1)B(O)O.C[C@](O)(CS(=O)(=O)c1ccc(F)cc1)C(=O)Nc1ccc(C#N)c(C(F)(F)F)c1.[Pt]. The van der Waals surface area contributed by atoms with Gasteiger partial charge in [0.05, 0.1) is 40.0 Å². The number of nitriles is 1. The fraction of sp³-hybridized carbons (Fsp3) is 0.297. The molecule has 0 spiro atoms. The average Bonchev–Trinajstić information content (AvgIpc) is 3.14. The van der Waals surface area contributed by atoms with Gasteiger partial charge in [0.15, 0.2) is 15.4 Å². The molecule has 58 heavy (non-hydrogen) atoms. The third-order valence-electron chi connectivity index (χ3n) is 7.95. The van der Waals surface area contributed by atoms with Gasteiger partial charge in [-0.15, -0.1) is 0 Å². The molecule has 14 nitrogen and oxygen atoms in total. The first kappa shape index (κ1) is 49.1. The fourth-order valence-electron chi connectivity index (χ4n) is 5.13. The molecule has 0 aliphatic carbocycles. The first-order valence-electron chi connectivity index (χ1n) is 17.0. The summed E-state index contributed by atoms with van der Waals surface area (Å²) >= 11 is 0. The van der Waals surface area contributed by atoms with Crippen molar-refractivity contribution in [3.63, 3.8) is 0 Å². The Hall–Kier alpha value is -5.06. The maximum absolute atomic E-state index is 13.0. The Kier molecular flexibility index (Phi) is 18.3. The molecule has 0 aliphatic rings. The summed E-state index contributed by atoms with van der Waals surface area (Å²) in [6.07, 6.45) is -0.0771. The molecule has 21 heteroatoms. The molecule has 0 bridgehead atoms. The van der Waals surface area contributed by atoms with Gasteiger partial charge < -0.3 is 31.1 Å². The first-order valence-corrected chi connectivity index (χ1v) is 18.7. The van der Waals surface area contributed by atoms with Crippen LogP contribution in [0.15, 0.2) is 96.3 Å². The van der Waals surface area contributed by atoms with Crippen LogP contribution in [0.5, 0.6) is 0 Å². The number of rotatable bonds is 14. The number of hydrogen-bond donors (Lipinski definition) is 6. The molecular formula is C37H39BF4N6O8PtS. The molecule has 0 radical (unpaired) electrons. The summed E-state index contributed by atoms with van der Waals surface area (Å²) in [5, 5.41) is 45.5. The minimum absolute atomic E-state index is 0. The molecule has 312 valence electrons. The van der Waals surface area contributed by atoms with Crippen molar-refractivity contribution in [2.75, 3.05) is 11.1 Å². The zero-order valence-corrected chi connectivity index (χ0v) is 34.1. The molecule has 4 aromatic rings. The van der Waals surface area contributed by atoms with Gasteiger partial charge in [-0.25, -0.2) is 17.8 Å². The van der Waals surface area contributed by atoms with E-state index in [0.717, 1.165) is 48.9 Å². The van der Waals surface area contributed by atoms with E-state index in [9.17, 15) is 55.5 Å². The van der Waals surface area contributed by atoms with Crippen molar-refractivity contribution in [2.45, 2.75) is 62.3 Å². The molecule has 0 aliphatic heterocycles. The standard InChI is InChI=1S/C19H25BN4O4.C18H14F4N2O4S.Pt/c1-13(2)10-17(20(27)28)24-18(25)15(11-14-6-4-3-5-7-14)23-19(26)16-12-21-8-9-22-16;1-17(26,10-29(27,28)14-6-3-12(19)4-7-14)16(25)24-13-5-2-11(9-23)15(8-13)18(20,21)22;/h3-9,12-13,15,17,27-28H,10-11H2,1-2H3,(H,23,26)(H,24,25);2-8,26H,10H2,1H3,(H,24,25);/t15-,17-;17-;/m00./s1. The minimum atomic E-state index is -4.86. The summed E-state index contributed by atoms with van der Waals surface area (Å²) in [6.45, 7) is 4.70. The topological polar surface area (TPSA) is 232 Å². The van der Waals surface area contributed by atoms with Crippen LogP contribution in [0.3, 0.4) is 0 Å². The van der Waals surface area contributed by atoms with Gasteiger partial charge in [-0.2, -0.15) is 18.4 Å². The number of aromatic nitrogens is 2. The van der Waals surface area contributed by atoms with Crippen LogP contribution in [-0.4, -0.2) is 81.7 Å². The Morgan fingerprint density at radius 1 is 0.966 bits per heavy atom. The second-order valence-corrected chi connectivity index (χ2v) is 15.3. The summed E-state index contributed by atoms with van der Waals surface area (Å²) in [5.74, 6) is -4.78. The first-order chi connectivity index (χ1) is 26.6. The molecule has 0 saturated carbocycles. The molecule has 0 saturated heterocycles. The molecule has 4 rings (SSSR count). The minimum Gasteiger partial charge on any atom is -0.426 e. The van der Waals surface area contributed by atoms with Gasteiger partial charge in [0, 0.05) is 45.6 Å². The van der Waals surface area contributed by atoms with E-state index in [2.05, 4.69) is 20.6 Å². The normalized spacial score (nSPS) is 13.2. The van der Waals surface area contributed by atoms with Crippen LogP contribution in [-0.2, 0) is 53.1 Å². The third kappa shape index (κ3) is 15.0. The van der Waals surface area contributed by atoms with E-state index in [1.165, 1.54) is 24.7 Å². The van der Waals surface area contributed by atoms with Gasteiger partial charge in [0.25, 0.3) is 11.8 Å². The van der Waals surface area contributed by atoms with Crippen LogP contribution in [0.25, 0.3) is 0 Å². The van der Waals surface area contributed by atoms with E-state index in [0.29, 0.717) is 12.5 Å². The van der Waals surface area contributed by atoms with Crippen molar-refractivity contribution in [1.82, 2.24) is 20.6 Å². The maximum atomic E-state index is 13.0. The second kappa shape index (κ2) is 21.6. The van der Waals surface area contributed by atoms with E-state index in [1.807, 2.05) is 49.5 Å². The summed E-state index contributed by atoms with van der Waals surface area (Å²) in [5.41, 5.74) is -3.92. The Balaban J connectivity index is 0.000000394. The molecule has 0 fully saturated rings. The Labute approximate surface area is 346 Å². The van der Waals surface area contributed by atoms with Crippen molar-refractivity contribution in [1.29, 1.82) is 5.26 Å². The van der Waals surface area contributed by atoms with Crippen LogP contribution >= 0.6 is 0 Å². The maximum Gasteiger partial charge on any atom is 0.475 e. The Morgan fingerprint density at radius 2 is 1.60 bits per heavy atom. The molecule has 0 unspecified atom stereocenters. The van der Waals surface area contributed by atoms with Gasteiger partial charge in [0.2, 0.25) is 5.91 Å². The molecule has 1 aromatic heterocycles. The van der Waals surface area contributed by atoms with Crippen molar-refractivity contribution in [2.24, 2.45) is 5.92 Å². The third-order valence-corrected chi connectivity index (χ3v) is 9.88. The summed E-state index contributed by atoms with van der Waals surface area (Å²) in [6, 6.07) is 15.7. The summed E-state index contributed by atoms with van der Waals surface area (Å²) in [4.78, 5) is 45.0. The monoisotopic (exact) mass is 1010 g/mol. The molecule has 3 atom stereocenters. The van der Waals surface area contributed by atoms with E-state index in [-0.39, 0.29) is 49.7 Å². The van der Waals surface area contributed by atoms with Crippen LogP contribution in [0, 0.1) is 23.1 Å². The van der Waals surface area contributed by atoms with Crippen molar-refractivity contribution >= 4 is 40.4 Å². The number of amides is 3. The second-order valence-electron chi connectivity index (χ2n) is 13.3. The molecule has 3 aromatic carbocycles. The van der Waals surface area contributed by atoms with Gasteiger partial charge in [0.1, 0.15) is 17.6 Å². The molecule has 6 N–H and O–H groups in total.